The maximum Gasteiger partial charge on any atom is 0.433 e. The molecule has 2 aliphatic rings. The molecule has 0 atom stereocenters. The van der Waals surface area contributed by atoms with Crippen molar-refractivity contribution in [2.45, 2.75) is 44.8 Å². The Hall–Kier alpha value is -3.49. The lowest BCUT2D eigenvalue weighted by atomic mass is 10.0. The zero-order chi connectivity index (χ0) is 24.7. The fourth-order valence-electron chi connectivity index (χ4n) is 4.63. The molecule has 0 bridgehead atoms. The van der Waals surface area contributed by atoms with Gasteiger partial charge in [-0.3, -0.25) is 9.78 Å². The smallest absolute Gasteiger partial charge is 0.337 e. The van der Waals surface area contributed by atoms with Crippen LogP contribution in [0, 0.1) is 18.8 Å². The third-order valence-corrected chi connectivity index (χ3v) is 6.57. The number of amides is 1. The lowest BCUT2D eigenvalue weighted by molar-refractivity contribution is -0.141. The summed E-state index contributed by atoms with van der Waals surface area (Å²) in [7, 11) is 1.88. The number of carbonyl (C=O) groups excluding carboxylic acids is 1. The van der Waals surface area contributed by atoms with E-state index >= 15 is 0 Å². The Bertz CT molecular complexity index is 1220. The van der Waals surface area contributed by atoms with E-state index in [0.717, 1.165) is 29.0 Å². The van der Waals surface area contributed by atoms with Crippen molar-refractivity contribution in [3.8, 4) is 11.1 Å². The predicted molar refractivity (Wildman–Crippen MR) is 126 cm³/mol. The highest BCUT2D eigenvalue weighted by Gasteiger charge is 2.45. The summed E-state index contributed by atoms with van der Waals surface area (Å²) in [6, 6.07) is 10.2. The SMILES string of the molecule is Cc1cc(Nc2nccc(C(F)(F)F)n2)cc(-c2ccc(C(=O)N(C)C(C3CC3)C3CC3)nc2)c1. The second-order valence-corrected chi connectivity index (χ2v) is 9.49. The van der Waals surface area contributed by atoms with E-state index in [1.807, 2.05) is 31.0 Å². The number of halogens is 3. The van der Waals surface area contributed by atoms with E-state index in [2.05, 4.69) is 20.3 Å². The summed E-state index contributed by atoms with van der Waals surface area (Å²) in [5.41, 5.74) is 2.45. The molecule has 0 saturated heterocycles. The van der Waals surface area contributed by atoms with Crippen LogP contribution in [0.15, 0.2) is 48.8 Å². The van der Waals surface area contributed by atoms with E-state index in [1.54, 1.807) is 24.4 Å². The Balaban J connectivity index is 1.34. The maximum absolute atomic E-state index is 13.1. The van der Waals surface area contributed by atoms with E-state index in [0.29, 0.717) is 29.3 Å². The molecule has 9 heteroatoms. The van der Waals surface area contributed by atoms with Gasteiger partial charge in [0.2, 0.25) is 5.95 Å². The molecule has 0 radical (unpaired) electrons. The van der Waals surface area contributed by atoms with Crippen molar-refractivity contribution in [3.63, 3.8) is 0 Å². The van der Waals surface area contributed by atoms with Crippen molar-refractivity contribution in [3.05, 3.63) is 65.7 Å². The Morgan fingerprint density at radius 2 is 1.74 bits per heavy atom. The van der Waals surface area contributed by atoms with Gasteiger partial charge in [0.15, 0.2) is 0 Å². The number of nitrogens with one attached hydrogen (secondary N) is 1. The lowest BCUT2D eigenvalue weighted by Crippen LogP contribution is -2.40. The zero-order valence-electron chi connectivity index (χ0n) is 19.5. The fourth-order valence-corrected chi connectivity index (χ4v) is 4.63. The van der Waals surface area contributed by atoms with Gasteiger partial charge in [-0.1, -0.05) is 12.1 Å². The number of carbonyl (C=O) groups is 1. The number of hydrogen-bond donors (Lipinski definition) is 1. The maximum atomic E-state index is 13.1. The Morgan fingerprint density at radius 3 is 2.34 bits per heavy atom. The van der Waals surface area contributed by atoms with Crippen LogP contribution in [0.25, 0.3) is 11.1 Å². The quantitative estimate of drug-likeness (QED) is 0.457. The van der Waals surface area contributed by atoms with Gasteiger partial charge in [-0.05, 0) is 79.8 Å². The first kappa shape index (κ1) is 23.3. The summed E-state index contributed by atoms with van der Waals surface area (Å²) in [6.45, 7) is 1.89. The number of alkyl halides is 3. The summed E-state index contributed by atoms with van der Waals surface area (Å²) in [4.78, 5) is 26.8. The topological polar surface area (TPSA) is 71.0 Å². The fraction of sp³-hybridized carbons (Fsp3) is 0.385. The van der Waals surface area contributed by atoms with Gasteiger partial charge in [0.05, 0.1) is 0 Å². The monoisotopic (exact) mass is 481 g/mol. The van der Waals surface area contributed by atoms with E-state index in [1.165, 1.54) is 25.7 Å². The highest BCUT2D eigenvalue weighted by atomic mass is 19.4. The minimum Gasteiger partial charge on any atom is -0.337 e. The molecule has 2 saturated carbocycles. The zero-order valence-corrected chi connectivity index (χ0v) is 19.5. The van der Waals surface area contributed by atoms with Crippen LogP contribution in [0.3, 0.4) is 0 Å². The Labute approximate surface area is 201 Å². The molecule has 2 aromatic heterocycles. The van der Waals surface area contributed by atoms with Gasteiger partial charge in [0.1, 0.15) is 11.4 Å². The van der Waals surface area contributed by atoms with Crippen molar-refractivity contribution in [2.75, 3.05) is 12.4 Å². The number of nitrogens with zero attached hydrogens (tertiary/aromatic N) is 4. The molecule has 35 heavy (non-hydrogen) atoms. The molecule has 3 aromatic rings. The molecule has 2 aliphatic carbocycles. The Morgan fingerprint density at radius 1 is 1.03 bits per heavy atom. The number of hydrogen-bond acceptors (Lipinski definition) is 5. The van der Waals surface area contributed by atoms with Gasteiger partial charge >= 0.3 is 6.18 Å². The average molecular weight is 482 g/mol. The summed E-state index contributed by atoms with van der Waals surface area (Å²) in [6.07, 6.45) is 2.96. The minimum atomic E-state index is -4.55. The van der Waals surface area contributed by atoms with Crippen LogP contribution in [-0.4, -0.2) is 38.8 Å². The summed E-state index contributed by atoms with van der Waals surface area (Å²) < 4.78 is 38.9. The van der Waals surface area contributed by atoms with E-state index in [4.69, 9.17) is 0 Å². The van der Waals surface area contributed by atoms with Crippen LogP contribution in [0.5, 0.6) is 0 Å². The molecule has 0 unspecified atom stereocenters. The van der Waals surface area contributed by atoms with Crippen LogP contribution in [-0.2, 0) is 6.18 Å². The van der Waals surface area contributed by atoms with Gasteiger partial charge in [-0.15, -0.1) is 0 Å². The standard InChI is InChI=1S/C26H26F3N5O/c1-15-11-19(13-20(12-15)32-25-30-10-9-22(33-25)26(27,28)29)18-7-8-21(31-14-18)24(35)34(2)23(16-3-4-16)17-5-6-17/h7-14,16-17,23H,3-6H2,1-2H3,(H,30,32,33). The lowest BCUT2D eigenvalue weighted by Gasteiger charge is -2.28. The Kier molecular flexibility index (Phi) is 5.94. The van der Waals surface area contributed by atoms with Gasteiger partial charge in [-0.2, -0.15) is 13.2 Å². The number of aryl methyl sites for hydroxylation is 1. The molecule has 1 amide bonds. The molecule has 1 N–H and O–H groups in total. The van der Waals surface area contributed by atoms with E-state index < -0.39 is 11.9 Å². The second kappa shape index (κ2) is 8.94. The number of benzene rings is 1. The largest absolute Gasteiger partial charge is 0.433 e. The number of rotatable bonds is 7. The van der Waals surface area contributed by atoms with Crippen LogP contribution in [0.2, 0.25) is 0 Å². The molecular formula is C26H26F3N5O. The number of aromatic nitrogens is 3. The molecule has 2 fully saturated rings. The summed E-state index contributed by atoms with van der Waals surface area (Å²) >= 11 is 0. The highest BCUT2D eigenvalue weighted by Crippen LogP contribution is 2.47. The van der Waals surface area contributed by atoms with Crippen LogP contribution in [0.1, 0.15) is 47.4 Å². The van der Waals surface area contributed by atoms with E-state index in [9.17, 15) is 18.0 Å². The van der Waals surface area contributed by atoms with Gasteiger partial charge in [0.25, 0.3) is 5.91 Å². The normalized spacial score (nSPS) is 15.8. The summed E-state index contributed by atoms with van der Waals surface area (Å²) in [5, 5.41) is 2.85. The molecule has 182 valence electrons. The molecule has 0 aliphatic heterocycles. The van der Waals surface area contributed by atoms with Crippen molar-refractivity contribution < 1.29 is 18.0 Å². The van der Waals surface area contributed by atoms with E-state index in [-0.39, 0.29) is 11.9 Å². The average Bonchev–Trinajstić information content (AvgIpc) is 3.74. The van der Waals surface area contributed by atoms with Crippen molar-refractivity contribution in [2.24, 2.45) is 11.8 Å². The van der Waals surface area contributed by atoms with Crippen LogP contribution in [0.4, 0.5) is 24.8 Å². The first-order valence-corrected chi connectivity index (χ1v) is 11.7. The predicted octanol–water partition coefficient (Wildman–Crippen LogP) is 5.87. The van der Waals surface area contributed by atoms with Crippen molar-refractivity contribution in [1.82, 2.24) is 19.9 Å². The van der Waals surface area contributed by atoms with Crippen LogP contribution < -0.4 is 5.32 Å². The van der Waals surface area contributed by atoms with Gasteiger partial charge < -0.3 is 10.2 Å². The molecule has 0 spiro atoms. The van der Waals surface area contributed by atoms with Crippen molar-refractivity contribution in [1.29, 1.82) is 0 Å². The number of anilines is 2. The van der Waals surface area contributed by atoms with Crippen LogP contribution >= 0.6 is 0 Å². The highest BCUT2D eigenvalue weighted by molar-refractivity contribution is 5.92. The van der Waals surface area contributed by atoms with Gasteiger partial charge in [-0.25, -0.2) is 9.97 Å². The van der Waals surface area contributed by atoms with Gasteiger partial charge in [0, 0.05) is 36.7 Å². The molecule has 6 nitrogen and oxygen atoms in total. The minimum absolute atomic E-state index is 0.0614. The first-order valence-electron chi connectivity index (χ1n) is 11.7. The van der Waals surface area contributed by atoms with Crippen molar-refractivity contribution >= 4 is 17.5 Å². The summed E-state index contributed by atoms with van der Waals surface area (Å²) in [5.74, 6) is 1.04. The molecule has 1 aromatic carbocycles. The second-order valence-electron chi connectivity index (χ2n) is 9.49. The third kappa shape index (κ3) is 5.28. The number of pyridine rings is 1. The third-order valence-electron chi connectivity index (χ3n) is 6.57. The molecular weight excluding hydrogens is 455 g/mol. The molecule has 5 rings (SSSR count). The molecule has 2 heterocycles. The first-order chi connectivity index (χ1) is 16.7.